The first-order valence-corrected chi connectivity index (χ1v) is 8.77. The highest BCUT2D eigenvalue weighted by atomic mass is 35.5. The molecule has 0 aromatic heterocycles. The molecule has 1 atom stereocenters. The monoisotopic (exact) mass is 386 g/mol. The molecule has 0 saturated carbocycles. The molecule has 0 amide bonds. The lowest BCUT2D eigenvalue weighted by Crippen LogP contribution is -2.31. The second-order valence-corrected chi connectivity index (χ2v) is 7.21. The van der Waals surface area contributed by atoms with Gasteiger partial charge in [-0.2, -0.15) is 0 Å². The van der Waals surface area contributed by atoms with Crippen LogP contribution in [0.25, 0.3) is 0 Å². The number of halogens is 2. The molecule has 0 aliphatic carbocycles. The van der Waals surface area contributed by atoms with Crippen LogP contribution in [0.15, 0.2) is 58.6 Å². The van der Waals surface area contributed by atoms with Crippen LogP contribution in [0.3, 0.4) is 0 Å². The van der Waals surface area contributed by atoms with Crippen LogP contribution >= 0.6 is 11.6 Å². The first-order chi connectivity index (χ1) is 11.8. The molecule has 132 valence electrons. The summed E-state index contributed by atoms with van der Waals surface area (Å²) in [7, 11) is -4.29. The van der Waals surface area contributed by atoms with Gasteiger partial charge in [0, 0.05) is 10.5 Å². The van der Waals surface area contributed by atoms with Crippen LogP contribution < -0.4 is 0 Å². The van der Waals surface area contributed by atoms with Crippen molar-refractivity contribution >= 4 is 27.7 Å². The summed E-state index contributed by atoms with van der Waals surface area (Å²) in [5.74, 6) is -0.634. The zero-order valence-electron chi connectivity index (χ0n) is 12.6. The smallest absolute Gasteiger partial charge is 0.352 e. The van der Waals surface area contributed by atoms with Gasteiger partial charge in [-0.3, -0.25) is 10.1 Å². The molecule has 7 nitrogen and oxygen atoms in total. The van der Waals surface area contributed by atoms with Gasteiger partial charge in [-0.25, -0.2) is 12.8 Å². The molecule has 0 heterocycles. The predicted molar refractivity (Wildman–Crippen MR) is 89.1 cm³/mol. The van der Waals surface area contributed by atoms with Crippen LogP contribution in [0.5, 0.6) is 0 Å². The summed E-state index contributed by atoms with van der Waals surface area (Å²) in [5.41, 5.74) is 0.00452. The Morgan fingerprint density at radius 2 is 1.92 bits per heavy atom. The molecule has 0 bridgehead atoms. The number of hydrogen-bond acceptors (Lipinski definition) is 6. The van der Waals surface area contributed by atoms with Crippen LogP contribution in [-0.4, -0.2) is 24.9 Å². The highest BCUT2D eigenvalue weighted by Gasteiger charge is 2.36. The van der Waals surface area contributed by atoms with Gasteiger partial charge in [0.2, 0.25) is 0 Å². The van der Waals surface area contributed by atoms with Crippen molar-refractivity contribution in [3.63, 3.8) is 0 Å². The lowest BCUT2D eigenvalue weighted by atomic mass is 10.2. The summed E-state index contributed by atoms with van der Waals surface area (Å²) in [6.45, 7) is -0.405. The normalized spacial score (nSPS) is 12.9. The van der Waals surface area contributed by atoms with E-state index in [1.54, 1.807) is 6.07 Å². The average molecular weight is 387 g/mol. The van der Waals surface area contributed by atoms with E-state index in [4.69, 9.17) is 16.4 Å². The van der Waals surface area contributed by atoms with Crippen molar-refractivity contribution in [1.82, 2.24) is 0 Å². The molecule has 0 spiro atoms. The highest BCUT2D eigenvalue weighted by Crippen LogP contribution is 2.20. The van der Waals surface area contributed by atoms with Crippen molar-refractivity contribution in [3.8, 4) is 0 Å². The van der Waals surface area contributed by atoms with Gasteiger partial charge < -0.3 is 4.84 Å². The minimum absolute atomic E-state index is 0.00452. The van der Waals surface area contributed by atoms with Gasteiger partial charge in [0.25, 0.3) is 9.84 Å². The van der Waals surface area contributed by atoms with Crippen LogP contribution in [0.2, 0.25) is 5.02 Å². The van der Waals surface area contributed by atoms with E-state index in [-0.39, 0.29) is 15.5 Å². The topological polar surface area (TPSA) is 98.9 Å². The Kier molecular flexibility index (Phi) is 6.05. The van der Waals surface area contributed by atoms with E-state index >= 15 is 0 Å². The minimum atomic E-state index is -4.29. The summed E-state index contributed by atoms with van der Waals surface area (Å²) in [5, 5.41) is 12.3. The predicted octanol–water partition coefficient (Wildman–Crippen LogP) is 3.06. The van der Waals surface area contributed by atoms with Gasteiger partial charge in [0.05, 0.1) is 9.92 Å². The van der Waals surface area contributed by atoms with Gasteiger partial charge >= 0.3 is 5.37 Å². The first-order valence-electron chi connectivity index (χ1n) is 6.85. The van der Waals surface area contributed by atoms with Crippen molar-refractivity contribution in [1.29, 1.82) is 0 Å². The summed E-state index contributed by atoms with van der Waals surface area (Å²) in [6, 6.07) is 10.9. The minimum Gasteiger partial charge on any atom is -0.391 e. The van der Waals surface area contributed by atoms with Crippen molar-refractivity contribution in [2.45, 2.75) is 16.9 Å². The molecule has 0 radical (unpaired) electrons. The molecule has 0 N–H and O–H groups in total. The Hall–Kier alpha value is -2.52. The fourth-order valence-corrected chi connectivity index (χ4v) is 3.33. The Morgan fingerprint density at radius 1 is 1.24 bits per heavy atom. The van der Waals surface area contributed by atoms with Gasteiger partial charge in [-0.05, 0) is 24.3 Å². The molecule has 25 heavy (non-hydrogen) atoms. The van der Waals surface area contributed by atoms with Gasteiger partial charge in [0.1, 0.15) is 18.6 Å². The maximum absolute atomic E-state index is 13.6. The SMILES string of the molecule is O=[N+]([O-])C(/C=N/OCc1c(F)cccc1Cl)S(=O)(=O)c1ccccc1. The van der Waals surface area contributed by atoms with Crippen LogP contribution in [0.4, 0.5) is 4.39 Å². The van der Waals surface area contributed by atoms with Gasteiger partial charge in [0.15, 0.2) is 0 Å². The maximum Gasteiger partial charge on any atom is 0.352 e. The van der Waals surface area contributed by atoms with Crippen molar-refractivity contribution in [2.24, 2.45) is 5.16 Å². The standard InChI is InChI=1S/C15H12ClFN2O5S/c16-13-7-4-8-14(17)12(13)10-24-18-9-15(19(20)21)25(22,23)11-5-2-1-3-6-11/h1-9,15H,10H2/b18-9+. The number of nitro groups is 1. The number of rotatable bonds is 7. The van der Waals surface area contributed by atoms with Crippen molar-refractivity contribution < 1.29 is 22.6 Å². The lowest BCUT2D eigenvalue weighted by molar-refractivity contribution is -0.478. The Bertz CT molecular complexity index is 870. The van der Waals surface area contributed by atoms with E-state index < -0.39 is 32.6 Å². The molecule has 0 saturated heterocycles. The zero-order chi connectivity index (χ0) is 18.4. The van der Waals surface area contributed by atoms with Crippen LogP contribution in [0, 0.1) is 15.9 Å². The number of hydrogen-bond donors (Lipinski definition) is 0. The second kappa shape index (κ2) is 8.04. The number of sulfone groups is 1. The highest BCUT2D eigenvalue weighted by molar-refractivity contribution is 7.92. The summed E-state index contributed by atoms with van der Waals surface area (Å²) in [6.07, 6.45) is 0.539. The molecule has 2 aromatic rings. The van der Waals surface area contributed by atoms with E-state index in [0.717, 1.165) is 6.07 Å². The molecule has 2 rings (SSSR count). The van der Waals surface area contributed by atoms with E-state index in [9.17, 15) is 22.9 Å². The molecule has 2 aromatic carbocycles. The second-order valence-electron chi connectivity index (χ2n) is 4.76. The largest absolute Gasteiger partial charge is 0.391 e. The number of oxime groups is 1. The summed E-state index contributed by atoms with van der Waals surface area (Å²) in [4.78, 5) is 14.6. The van der Waals surface area contributed by atoms with Crippen molar-refractivity contribution in [3.05, 3.63) is 75.0 Å². The lowest BCUT2D eigenvalue weighted by Gasteiger charge is -2.07. The van der Waals surface area contributed by atoms with E-state index in [0.29, 0.717) is 6.21 Å². The Labute approximate surface area is 147 Å². The van der Waals surface area contributed by atoms with E-state index in [1.807, 2.05) is 0 Å². The van der Waals surface area contributed by atoms with Gasteiger partial charge in [-0.15, -0.1) is 0 Å². The molecular weight excluding hydrogens is 375 g/mol. The van der Waals surface area contributed by atoms with Gasteiger partial charge in [-0.1, -0.05) is 41.0 Å². The fourth-order valence-electron chi connectivity index (χ4n) is 1.86. The molecule has 0 fully saturated rings. The third kappa shape index (κ3) is 4.52. The fraction of sp³-hybridized carbons (Fsp3) is 0.133. The molecule has 1 unspecified atom stereocenters. The Morgan fingerprint density at radius 3 is 2.52 bits per heavy atom. The van der Waals surface area contributed by atoms with Crippen molar-refractivity contribution in [2.75, 3.05) is 0 Å². The summed E-state index contributed by atoms with van der Waals surface area (Å²) >= 11 is 5.80. The van der Waals surface area contributed by atoms with Crippen LogP contribution in [-0.2, 0) is 21.3 Å². The maximum atomic E-state index is 13.6. The first kappa shape index (κ1) is 18.8. The third-order valence-electron chi connectivity index (χ3n) is 3.13. The quantitative estimate of drug-likeness (QED) is 0.413. The molecule has 0 aliphatic heterocycles. The average Bonchev–Trinajstić information content (AvgIpc) is 2.57. The van der Waals surface area contributed by atoms with E-state index in [2.05, 4.69) is 5.16 Å². The number of benzene rings is 2. The van der Waals surface area contributed by atoms with E-state index in [1.165, 1.54) is 36.4 Å². The Balaban J connectivity index is 2.15. The molecular formula is C15H12ClFN2O5S. The summed E-state index contributed by atoms with van der Waals surface area (Å²) < 4.78 is 38.1. The zero-order valence-corrected chi connectivity index (χ0v) is 14.2. The molecule has 10 heteroatoms. The molecule has 0 aliphatic rings. The number of nitrogens with zero attached hydrogens (tertiary/aromatic N) is 2. The van der Waals surface area contributed by atoms with Crippen LogP contribution in [0.1, 0.15) is 5.56 Å². The third-order valence-corrected chi connectivity index (χ3v) is 5.34.